The van der Waals surface area contributed by atoms with Crippen LogP contribution in [0, 0.1) is 18.6 Å². The molecule has 1 aromatic carbocycles. The van der Waals surface area contributed by atoms with Gasteiger partial charge in [-0.05, 0) is 31.5 Å². The molecule has 0 saturated carbocycles. The average molecular weight is 269 g/mol. The molecule has 1 N–H and O–H groups in total. The van der Waals surface area contributed by atoms with Gasteiger partial charge in [-0.15, -0.1) is 0 Å². The molecule has 1 unspecified atom stereocenters. The molecule has 0 fully saturated rings. The maximum Gasteiger partial charge on any atom is 0.413 e. The lowest BCUT2D eigenvalue weighted by Crippen LogP contribution is -2.27. The fraction of sp³-hybridized carbons (Fsp3) is 0.455. The maximum absolute atomic E-state index is 13.5. The summed E-state index contributed by atoms with van der Waals surface area (Å²) in [5, 5.41) is 0. The Bertz CT molecular complexity index is 419. The Morgan fingerprint density at radius 2 is 1.83 bits per heavy atom. The second-order valence-corrected chi connectivity index (χ2v) is 3.87. The Hall–Kier alpha value is -1.21. The van der Waals surface area contributed by atoms with Gasteiger partial charge in [-0.3, -0.25) is 4.84 Å². The lowest BCUT2D eigenvalue weighted by atomic mass is 10.1. The van der Waals surface area contributed by atoms with Crippen LogP contribution in [-0.4, -0.2) is 12.8 Å². The molecule has 102 valence electrons. The van der Waals surface area contributed by atoms with Crippen LogP contribution in [0.15, 0.2) is 12.1 Å². The van der Waals surface area contributed by atoms with Crippen LogP contribution in [0.3, 0.4) is 0 Å². The highest BCUT2D eigenvalue weighted by Crippen LogP contribution is 2.21. The van der Waals surface area contributed by atoms with Gasteiger partial charge in [0.2, 0.25) is 0 Å². The zero-order valence-electron chi connectivity index (χ0n) is 9.74. The molecule has 2 nitrogen and oxygen atoms in total. The van der Waals surface area contributed by atoms with Crippen LogP contribution in [0.1, 0.15) is 24.1 Å². The first-order chi connectivity index (χ1) is 8.20. The number of benzene rings is 1. The third-order valence-electron chi connectivity index (χ3n) is 2.24. The fourth-order valence-electron chi connectivity index (χ4n) is 1.31. The molecular formula is C11H12F5NO. The van der Waals surface area contributed by atoms with E-state index in [4.69, 9.17) is 0 Å². The number of hydrogen-bond donors (Lipinski definition) is 1. The second kappa shape index (κ2) is 5.62. The summed E-state index contributed by atoms with van der Waals surface area (Å²) in [5.41, 5.74) is 2.04. The number of hydrogen-bond acceptors (Lipinski definition) is 2. The van der Waals surface area contributed by atoms with Gasteiger partial charge in [0.1, 0.15) is 11.6 Å². The number of hydroxylamine groups is 1. The van der Waals surface area contributed by atoms with E-state index >= 15 is 0 Å². The van der Waals surface area contributed by atoms with E-state index < -0.39 is 30.5 Å². The highest BCUT2D eigenvalue weighted by molar-refractivity contribution is 5.27. The molecule has 0 aromatic heterocycles. The highest BCUT2D eigenvalue weighted by atomic mass is 19.4. The topological polar surface area (TPSA) is 21.3 Å². The first-order valence-electron chi connectivity index (χ1n) is 5.10. The molecule has 0 spiro atoms. The molecule has 0 aliphatic heterocycles. The SMILES string of the molecule is Cc1cc(F)c(C(C)NOCC(F)(F)F)cc1F. The lowest BCUT2D eigenvalue weighted by molar-refractivity contribution is -0.192. The van der Waals surface area contributed by atoms with Crippen molar-refractivity contribution in [2.75, 3.05) is 6.61 Å². The summed E-state index contributed by atoms with van der Waals surface area (Å²) < 4.78 is 62.1. The van der Waals surface area contributed by atoms with Gasteiger partial charge in [0, 0.05) is 5.56 Å². The predicted molar refractivity (Wildman–Crippen MR) is 54.7 cm³/mol. The molecule has 0 saturated heterocycles. The van der Waals surface area contributed by atoms with Crippen molar-refractivity contribution in [2.24, 2.45) is 0 Å². The summed E-state index contributed by atoms with van der Waals surface area (Å²) in [5.74, 6) is -1.33. The minimum atomic E-state index is -4.48. The summed E-state index contributed by atoms with van der Waals surface area (Å²) in [6, 6.07) is 1.01. The van der Waals surface area contributed by atoms with Gasteiger partial charge >= 0.3 is 6.18 Å². The first kappa shape index (κ1) is 14.8. The largest absolute Gasteiger partial charge is 0.413 e. The standard InChI is InChI=1S/C11H12F5NO/c1-6-3-10(13)8(4-9(6)12)7(2)17-18-5-11(14,15)16/h3-4,7,17H,5H2,1-2H3. The van der Waals surface area contributed by atoms with Crippen LogP contribution < -0.4 is 5.48 Å². The summed E-state index contributed by atoms with van der Waals surface area (Å²) in [7, 11) is 0. The van der Waals surface area contributed by atoms with Crippen LogP contribution in [-0.2, 0) is 4.84 Å². The quantitative estimate of drug-likeness (QED) is 0.668. The van der Waals surface area contributed by atoms with Crippen LogP contribution in [0.4, 0.5) is 22.0 Å². The molecule has 7 heteroatoms. The Morgan fingerprint density at radius 1 is 1.22 bits per heavy atom. The normalized spacial score (nSPS) is 13.7. The Morgan fingerprint density at radius 3 is 2.39 bits per heavy atom. The number of halogens is 5. The van der Waals surface area contributed by atoms with E-state index in [9.17, 15) is 22.0 Å². The summed E-state index contributed by atoms with van der Waals surface area (Å²) >= 11 is 0. The minimum Gasteiger partial charge on any atom is -0.292 e. The smallest absolute Gasteiger partial charge is 0.292 e. The molecular weight excluding hydrogens is 257 g/mol. The van der Waals surface area contributed by atoms with Crippen molar-refractivity contribution in [3.8, 4) is 0 Å². The third-order valence-corrected chi connectivity index (χ3v) is 2.24. The first-order valence-corrected chi connectivity index (χ1v) is 5.10. The molecule has 18 heavy (non-hydrogen) atoms. The van der Waals surface area contributed by atoms with Crippen LogP contribution in [0.25, 0.3) is 0 Å². The molecule has 0 amide bonds. The monoisotopic (exact) mass is 269 g/mol. The zero-order valence-corrected chi connectivity index (χ0v) is 9.74. The molecule has 0 bridgehead atoms. The Kier molecular flexibility index (Phi) is 4.64. The summed E-state index contributed by atoms with van der Waals surface area (Å²) in [4.78, 5) is 4.18. The molecule has 0 heterocycles. The number of rotatable bonds is 4. The molecule has 0 radical (unpaired) electrons. The van der Waals surface area contributed by atoms with Crippen molar-refractivity contribution in [3.63, 3.8) is 0 Å². The van der Waals surface area contributed by atoms with Gasteiger partial charge < -0.3 is 0 Å². The van der Waals surface area contributed by atoms with E-state index in [1.54, 1.807) is 0 Å². The van der Waals surface area contributed by atoms with E-state index in [2.05, 4.69) is 4.84 Å². The number of aryl methyl sites for hydroxylation is 1. The lowest BCUT2D eigenvalue weighted by Gasteiger charge is -2.16. The number of nitrogens with one attached hydrogen (secondary N) is 1. The molecule has 1 aromatic rings. The van der Waals surface area contributed by atoms with E-state index in [1.165, 1.54) is 13.8 Å². The number of alkyl halides is 3. The van der Waals surface area contributed by atoms with E-state index in [1.807, 2.05) is 5.48 Å². The average Bonchev–Trinajstić information content (AvgIpc) is 2.21. The molecule has 1 atom stereocenters. The third kappa shape index (κ3) is 4.23. The van der Waals surface area contributed by atoms with Crippen molar-refractivity contribution in [2.45, 2.75) is 26.1 Å². The predicted octanol–water partition coefficient (Wildman–Crippen LogP) is 3.42. The summed E-state index contributed by atoms with van der Waals surface area (Å²) in [6.07, 6.45) is -4.48. The Labute approximate surface area is 101 Å². The van der Waals surface area contributed by atoms with Gasteiger partial charge in [-0.25, -0.2) is 8.78 Å². The van der Waals surface area contributed by atoms with Gasteiger partial charge in [0.15, 0.2) is 6.61 Å². The van der Waals surface area contributed by atoms with Crippen molar-refractivity contribution in [1.82, 2.24) is 5.48 Å². The summed E-state index contributed by atoms with van der Waals surface area (Å²) in [6.45, 7) is 1.25. The fourth-order valence-corrected chi connectivity index (χ4v) is 1.31. The van der Waals surface area contributed by atoms with Gasteiger partial charge in [-0.1, -0.05) is 0 Å². The molecule has 1 rings (SSSR count). The van der Waals surface area contributed by atoms with E-state index in [-0.39, 0.29) is 11.1 Å². The van der Waals surface area contributed by atoms with Crippen molar-refractivity contribution < 1.29 is 26.8 Å². The van der Waals surface area contributed by atoms with Gasteiger partial charge in [-0.2, -0.15) is 18.7 Å². The minimum absolute atomic E-state index is 0.0970. The van der Waals surface area contributed by atoms with Crippen LogP contribution in [0.5, 0.6) is 0 Å². The van der Waals surface area contributed by atoms with Gasteiger partial charge in [0.25, 0.3) is 0 Å². The second-order valence-electron chi connectivity index (χ2n) is 3.87. The Balaban J connectivity index is 2.67. The van der Waals surface area contributed by atoms with Crippen molar-refractivity contribution >= 4 is 0 Å². The highest BCUT2D eigenvalue weighted by Gasteiger charge is 2.28. The zero-order chi connectivity index (χ0) is 13.9. The van der Waals surface area contributed by atoms with Gasteiger partial charge in [0.05, 0.1) is 6.04 Å². The van der Waals surface area contributed by atoms with Crippen LogP contribution in [0.2, 0.25) is 0 Å². The maximum atomic E-state index is 13.5. The molecule has 0 aliphatic rings. The van der Waals surface area contributed by atoms with Crippen LogP contribution >= 0.6 is 0 Å². The molecule has 0 aliphatic carbocycles. The van der Waals surface area contributed by atoms with E-state index in [0.29, 0.717) is 0 Å². The van der Waals surface area contributed by atoms with Crippen molar-refractivity contribution in [3.05, 3.63) is 34.9 Å². The van der Waals surface area contributed by atoms with Crippen molar-refractivity contribution in [1.29, 1.82) is 0 Å². The van der Waals surface area contributed by atoms with E-state index in [0.717, 1.165) is 12.1 Å².